The first-order valence-corrected chi connectivity index (χ1v) is 13.4. The van der Waals surface area contributed by atoms with Crippen molar-refractivity contribution in [1.29, 1.82) is 0 Å². The highest BCUT2D eigenvalue weighted by Crippen LogP contribution is 2.52. The molecule has 0 fully saturated rings. The Bertz CT molecular complexity index is 1590. The molecule has 6 rings (SSSR count). The average molecular weight is 484 g/mol. The van der Waals surface area contributed by atoms with Gasteiger partial charge in [-0.15, -0.1) is 22.7 Å². The van der Waals surface area contributed by atoms with Crippen LogP contribution in [0.1, 0.15) is 11.8 Å². The molecule has 2 nitrogen and oxygen atoms in total. The van der Waals surface area contributed by atoms with Crippen molar-refractivity contribution in [3.8, 4) is 37.3 Å². The Kier molecular flexibility index (Phi) is 5.25. The van der Waals surface area contributed by atoms with E-state index in [0.717, 1.165) is 26.9 Å². The van der Waals surface area contributed by atoms with Gasteiger partial charge in [-0.05, 0) is 26.0 Å². The summed E-state index contributed by atoms with van der Waals surface area (Å²) in [5.74, 6) is 0. The van der Waals surface area contributed by atoms with Crippen LogP contribution in [0.4, 0.5) is 0 Å². The fraction of sp³-hybridized carbons (Fsp3) is 0.107. The molecular formula is C28H21NOS3. The number of rotatable bonds is 5. The Morgan fingerprint density at radius 3 is 2.09 bits per heavy atom. The molecular weight excluding hydrogens is 463 g/mol. The minimum absolute atomic E-state index is 0.630. The molecule has 3 heterocycles. The first-order chi connectivity index (χ1) is 16.2. The summed E-state index contributed by atoms with van der Waals surface area (Å²) < 4.78 is 8.70. The number of thiazole rings is 1. The van der Waals surface area contributed by atoms with Gasteiger partial charge in [0.15, 0.2) is 5.06 Å². The Labute approximate surface area is 204 Å². The molecule has 3 aromatic carbocycles. The van der Waals surface area contributed by atoms with E-state index in [2.05, 4.69) is 85.8 Å². The van der Waals surface area contributed by atoms with Crippen molar-refractivity contribution >= 4 is 54.2 Å². The molecule has 0 N–H and O–H groups in total. The number of fused-ring (bicyclic) bond motifs is 2. The van der Waals surface area contributed by atoms with Crippen molar-refractivity contribution in [3.05, 3.63) is 83.7 Å². The molecule has 0 saturated heterocycles. The van der Waals surface area contributed by atoms with E-state index in [0.29, 0.717) is 6.61 Å². The second-order valence-corrected chi connectivity index (χ2v) is 11.1. The summed E-state index contributed by atoms with van der Waals surface area (Å²) in [6.07, 6.45) is 0. The van der Waals surface area contributed by atoms with Gasteiger partial charge in [0.1, 0.15) is 5.01 Å². The number of thiophene rings is 2. The van der Waals surface area contributed by atoms with Gasteiger partial charge in [-0.3, -0.25) is 0 Å². The van der Waals surface area contributed by atoms with Crippen LogP contribution < -0.4 is 4.74 Å². The van der Waals surface area contributed by atoms with Crippen LogP contribution in [-0.2, 0) is 0 Å². The highest BCUT2D eigenvalue weighted by molar-refractivity contribution is 7.23. The second-order valence-electron chi connectivity index (χ2n) is 7.79. The minimum Gasteiger partial charge on any atom is -0.484 e. The summed E-state index contributed by atoms with van der Waals surface area (Å²) in [7, 11) is 0. The van der Waals surface area contributed by atoms with Gasteiger partial charge in [0.2, 0.25) is 0 Å². The van der Waals surface area contributed by atoms with Crippen LogP contribution in [-0.4, -0.2) is 11.6 Å². The van der Waals surface area contributed by atoms with Crippen molar-refractivity contribution < 1.29 is 4.74 Å². The lowest BCUT2D eigenvalue weighted by atomic mass is 10.0. The molecule has 0 bridgehead atoms. The maximum Gasteiger partial charge on any atom is 0.184 e. The number of hydrogen-bond acceptors (Lipinski definition) is 5. The van der Waals surface area contributed by atoms with Gasteiger partial charge in [0, 0.05) is 36.2 Å². The van der Waals surface area contributed by atoms with Crippen LogP contribution in [0, 0.1) is 6.92 Å². The fourth-order valence-corrected chi connectivity index (χ4v) is 7.73. The van der Waals surface area contributed by atoms with E-state index < -0.39 is 0 Å². The van der Waals surface area contributed by atoms with Gasteiger partial charge >= 0.3 is 0 Å². The third-order valence-electron chi connectivity index (χ3n) is 5.72. The first-order valence-electron chi connectivity index (χ1n) is 10.9. The molecule has 3 aromatic heterocycles. The maximum absolute atomic E-state index is 6.17. The van der Waals surface area contributed by atoms with Crippen LogP contribution in [0.25, 0.3) is 52.4 Å². The van der Waals surface area contributed by atoms with Crippen LogP contribution in [0.2, 0.25) is 0 Å². The summed E-state index contributed by atoms with van der Waals surface area (Å²) in [5, 5.41) is 4.48. The van der Waals surface area contributed by atoms with E-state index in [1.165, 1.54) is 35.5 Å². The quantitative estimate of drug-likeness (QED) is 0.244. The van der Waals surface area contributed by atoms with Gasteiger partial charge in [-0.2, -0.15) is 0 Å². The molecule has 0 spiro atoms. The SMILES string of the molecule is CCOc1sc2ccccc2c1-c1nc(-c2ccccc2)sc1-c1c(C)sc2ccccc12. The van der Waals surface area contributed by atoms with E-state index in [-0.39, 0.29) is 0 Å². The largest absolute Gasteiger partial charge is 0.484 e. The molecule has 0 amide bonds. The summed E-state index contributed by atoms with van der Waals surface area (Å²) in [6.45, 7) is 4.90. The van der Waals surface area contributed by atoms with Gasteiger partial charge in [-0.25, -0.2) is 4.98 Å². The van der Waals surface area contributed by atoms with Crippen LogP contribution in [0.5, 0.6) is 5.06 Å². The highest BCUT2D eigenvalue weighted by atomic mass is 32.1. The normalized spacial score (nSPS) is 11.5. The Balaban J connectivity index is 1.70. The molecule has 0 aliphatic carbocycles. The Morgan fingerprint density at radius 1 is 0.727 bits per heavy atom. The van der Waals surface area contributed by atoms with Crippen molar-refractivity contribution in [2.45, 2.75) is 13.8 Å². The number of hydrogen-bond donors (Lipinski definition) is 0. The van der Waals surface area contributed by atoms with E-state index in [4.69, 9.17) is 9.72 Å². The smallest absolute Gasteiger partial charge is 0.184 e. The average Bonchev–Trinajstić information content (AvgIpc) is 3.51. The predicted molar refractivity (Wildman–Crippen MR) is 145 cm³/mol. The molecule has 0 aliphatic rings. The Morgan fingerprint density at radius 2 is 1.36 bits per heavy atom. The van der Waals surface area contributed by atoms with Gasteiger partial charge in [0.25, 0.3) is 0 Å². The third-order valence-corrected chi connectivity index (χ3v) is 9.01. The molecule has 6 aromatic rings. The summed E-state index contributed by atoms with van der Waals surface area (Å²) in [4.78, 5) is 7.80. The lowest BCUT2D eigenvalue weighted by Gasteiger charge is -2.07. The lowest BCUT2D eigenvalue weighted by molar-refractivity contribution is 0.352. The number of nitrogens with zero attached hydrogens (tertiary/aromatic N) is 1. The minimum atomic E-state index is 0.630. The lowest BCUT2D eigenvalue weighted by Crippen LogP contribution is -1.92. The standard InChI is InChI=1S/C28H21NOS3/c1-3-30-28-24(20-14-8-10-16-22(20)32-28)25-26(33-27(29-25)18-11-5-4-6-12-18)23-17(2)31-21-15-9-7-13-19(21)23/h4-16H,3H2,1-2H3. The number of aryl methyl sites for hydroxylation is 1. The molecule has 5 heteroatoms. The monoisotopic (exact) mass is 483 g/mol. The summed E-state index contributed by atoms with van der Waals surface area (Å²) in [5.41, 5.74) is 4.57. The van der Waals surface area contributed by atoms with Crippen molar-refractivity contribution in [3.63, 3.8) is 0 Å². The Hall–Kier alpha value is -2.99. The molecule has 0 unspecified atom stereocenters. The summed E-state index contributed by atoms with van der Waals surface area (Å²) in [6, 6.07) is 27.7. The number of ether oxygens (including phenoxy) is 1. The second kappa shape index (κ2) is 8.41. The predicted octanol–water partition coefficient (Wildman–Crippen LogP) is 9.28. The first kappa shape index (κ1) is 20.6. The van der Waals surface area contributed by atoms with E-state index in [9.17, 15) is 0 Å². The van der Waals surface area contributed by atoms with E-state index in [1.54, 1.807) is 22.7 Å². The zero-order chi connectivity index (χ0) is 22.4. The molecule has 33 heavy (non-hydrogen) atoms. The zero-order valence-corrected chi connectivity index (χ0v) is 20.7. The van der Waals surface area contributed by atoms with Crippen molar-refractivity contribution in [2.75, 3.05) is 6.61 Å². The summed E-state index contributed by atoms with van der Waals surface area (Å²) >= 11 is 5.34. The topological polar surface area (TPSA) is 22.1 Å². The van der Waals surface area contributed by atoms with Crippen LogP contribution in [0.15, 0.2) is 78.9 Å². The maximum atomic E-state index is 6.17. The number of aromatic nitrogens is 1. The van der Waals surface area contributed by atoms with Crippen LogP contribution in [0.3, 0.4) is 0 Å². The van der Waals surface area contributed by atoms with Gasteiger partial charge in [0.05, 0.1) is 22.7 Å². The zero-order valence-electron chi connectivity index (χ0n) is 18.3. The van der Waals surface area contributed by atoms with Crippen molar-refractivity contribution in [2.24, 2.45) is 0 Å². The van der Waals surface area contributed by atoms with Gasteiger partial charge < -0.3 is 4.74 Å². The highest BCUT2D eigenvalue weighted by Gasteiger charge is 2.26. The molecule has 0 atom stereocenters. The van der Waals surface area contributed by atoms with E-state index in [1.807, 2.05) is 18.3 Å². The molecule has 0 saturated carbocycles. The molecule has 162 valence electrons. The van der Waals surface area contributed by atoms with E-state index >= 15 is 0 Å². The van der Waals surface area contributed by atoms with Crippen LogP contribution >= 0.6 is 34.0 Å². The molecule has 0 radical (unpaired) electrons. The molecule has 0 aliphatic heterocycles. The fourth-order valence-electron chi connectivity index (χ4n) is 4.29. The van der Waals surface area contributed by atoms with Gasteiger partial charge in [-0.1, -0.05) is 78.1 Å². The van der Waals surface area contributed by atoms with Crippen molar-refractivity contribution in [1.82, 2.24) is 4.98 Å². The number of benzene rings is 3. The third kappa shape index (κ3) is 3.48.